The van der Waals surface area contributed by atoms with Crippen LogP contribution in [0.15, 0.2) is 53.3 Å². The lowest BCUT2D eigenvalue weighted by atomic mass is 10.1. The highest BCUT2D eigenvalue weighted by Crippen LogP contribution is 2.22. The van der Waals surface area contributed by atoms with Crippen LogP contribution in [0.4, 0.5) is 5.69 Å². The molecule has 1 N–H and O–H groups in total. The van der Waals surface area contributed by atoms with Crippen molar-refractivity contribution in [3.05, 3.63) is 58.8 Å². The van der Waals surface area contributed by atoms with E-state index in [-0.39, 0.29) is 12.5 Å². The van der Waals surface area contributed by atoms with Crippen molar-refractivity contribution in [3.8, 4) is 11.4 Å². The number of anilines is 1. The standard InChI is InChI=1S/C16H14BrN5O2/c1-11-14(6-3-7-15(11)22-10-18-20-21-22)19-16(23)9-24-13-5-2-4-12(17)8-13/h2-8,10H,9H2,1H3,(H,19,23). The molecule has 1 amide bonds. The molecule has 7 nitrogen and oxygen atoms in total. The number of rotatable bonds is 5. The highest BCUT2D eigenvalue weighted by molar-refractivity contribution is 9.10. The molecule has 0 bridgehead atoms. The molecule has 1 heterocycles. The molecule has 0 aliphatic carbocycles. The minimum atomic E-state index is -0.244. The zero-order chi connectivity index (χ0) is 16.9. The van der Waals surface area contributed by atoms with Gasteiger partial charge in [0.05, 0.1) is 5.69 Å². The van der Waals surface area contributed by atoms with Crippen LogP contribution in [0.5, 0.6) is 5.75 Å². The molecule has 0 aliphatic heterocycles. The summed E-state index contributed by atoms with van der Waals surface area (Å²) in [7, 11) is 0. The number of ether oxygens (including phenoxy) is 1. The first-order valence-corrected chi connectivity index (χ1v) is 7.94. The second-order valence-corrected chi connectivity index (χ2v) is 5.91. The Bertz CT molecular complexity index is 851. The van der Waals surface area contributed by atoms with E-state index in [1.165, 1.54) is 6.33 Å². The summed E-state index contributed by atoms with van der Waals surface area (Å²) in [6, 6.07) is 12.9. The van der Waals surface area contributed by atoms with E-state index in [0.29, 0.717) is 11.4 Å². The summed E-state index contributed by atoms with van der Waals surface area (Å²) in [6.07, 6.45) is 1.50. The fourth-order valence-corrected chi connectivity index (χ4v) is 2.55. The quantitative estimate of drug-likeness (QED) is 0.727. The Morgan fingerprint density at radius 2 is 2.12 bits per heavy atom. The van der Waals surface area contributed by atoms with E-state index < -0.39 is 0 Å². The maximum atomic E-state index is 12.1. The third kappa shape index (κ3) is 3.77. The van der Waals surface area contributed by atoms with Gasteiger partial charge in [0.1, 0.15) is 12.1 Å². The van der Waals surface area contributed by atoms with Gasteiger partial charge in [-0.25, -0.2) is 4.68 Å². The highest BCUT2D eigenvalue weighted by atomic mass is 79.9. The van der Waals surface area contributed by atoms with Crippen molar-refractivity contribution in [1.82, 2.24) is 20.2 Å². The van der Waals surface area contributed by atoms with Crippen molar-refractivity contribution in [1.29, 1.82) is 0 Å². The second kappa shape index (κ2) is 7.22. The number of carbonyl (C=O) groups excluding carboxylic acids is 1. The van der Waals surface area contributed by atoms with Crippen LogP contribution in [0.1, 0.15) is 5.56 Å². The summed E-state index contributed by atoms with van der Waals surface area (Å²) in [6.45, 7) is 1.81. The topological polar surface area (TPSA) is 81.9 Å². The molecular formula is C16H14BrN5O2. The molecule has 2 aromatic carbocycles. The fourth-order valence-electron chi connectivity index (χ4n) is 2.17. The largest absolute Gasteiger partial charge is 0.484 e. The van der Waals surface area contributed by atoms with Gasteiger partial charge in [0.15, 0.2) is 6.61 Å². The Morgan fingerprint density at radius 1 is 1.29 bits per heavy atom. The number of carbonyl (C=O) groups is 1. The molecule has 0 radical (unpaired) electrons. The van der Waals surface area contributed by atoms with E-state index in [4.69, 9.17) is 4.74 Å². The van der Waals surface area contributed by atoms with Gasteiger partial charge in [0.2, 0.25) is 0 Å². The average molecular weight is 388 g/mol. The minimum absolute atomic E-state index is 0.0784. The first kappa shape index (κ1) is 16.1. The van der Waals surface area contributed by atoms with Crippen LogP contribution in [0.2, 0.25) is 0 Å². The van der Waals surface area contributed by atoms with Crippen molar-refractivity contribution >= 4 is 27.5 Å². The number of halogens is 1. The van der Waals surface area contributed by atoms with E-state index in [1.54, 1.807) is 16.8 Å². The van der Waals surface area contributed by atoms with Gasteiger partial charge in [0, 0.05) is 10.2 Å². The lowest BCUT2D eigenvalue weighted by molar-refractivity contribution is -0.118. The molecule has 24 heavy (non-hydrogen) atoms. The molecule has 1 aromatic heterocycles. The Labute approximate surface area is 146 Å². The SMILES string of the molecule is Cc1c(NC(=O)COc2cccc(Br)c2)cccc1-n1cnnn1. The maximum absolute atomic E-state index is 12.1. The lowest BCUT2D eigenvalue weighted by Crippen LogP contribution is -2.21. The number of benzene rings is 2. The molecule has 0 aliphatic rings. The molecular weight excluding hydrogens is 374 g/mol. The van der Waals surface area contributed by atoms with Crippen molar-refractivity contribution < 1.29 is 9.53 Å². The molecule has 0 spiro atoms. The third-order valence-corrected chi connectivity index (χ3v) is 3.83. The third-order valence-electron chi connectivity index (χ3n) is 3.34. The van der Waals surface area contributed by atoms with Crippen LogP contribution in [0.3, 0.4) is 0 Å². The van der Waals surface area contributed by atoms with Crippen LogP contribution in [0, 0.1) is 6.92 Å². The smallest absolute Gasteiger partial charge is 0.262 e. The molecule has 0 saturated carbocycles. The predicted octanol–water partition coefficient (Wildman–Crippen LogP) is 2.75. The van der Waals surface area contributed by atoms with E-state index >= 15 is 0 Å². The van der Waals surface area contributed by atoms with Gasteiger partial charge in [-0.1, -0.05) is 28.1 Å². The lowest BCUT2D eigenvalue weighted by Gasteiger charge is -2.12. The van der Waals surface area contributed by atoms with Gasteiger partial charge in [-0.2, -0.15) is 0 Å². The molecule has 0 saturated heterocycles. The van der Waals surface area contributed by atoms with Crippen molar-refractivity contribution in [2.45, 2.75) is 6.92 Å². The minimum Gasteiger partial charge on any atom is -0.484 e. The van der Waals surface area contributed by atoms with E-state index in [2.05, 4.69) is 36.8 Å². The van der Waals surface area contributed by atoms with Gasteiger partial charge >= 0.3 is 0 Å². The molecule has 0 fully saturated rings. The monoisotopic (exact) mass is 387 g/mol. The first-order valence-electron chi connectivity index (χ1n) is 7.14. The van der Waals surface area contributed by atoms with Crippen LogP contribution < -0.4 is 10.1 Å². The van der Waals surface area contributed by atoms with Gasteiger partial charge in [-0.05, 0) is 53.2 Å². The number of hydrogen-bond acceptors (Lipinski definition) is 5. The molecule has 8 heteroatoms. The zero-order valence-corrected chi connectivity index (χ0v) is 14.4. The van der Waals surface area contributed by atoms with E-state index in [1.807, 2.05) is 37.3 Å². The number of nitrogens with one attached hydrogen (secondary N) is 1. The zero-order valence-electron chi connectivity index (χ0n) is 12.8. The second-order valence-electron chi connectivity index (χ2n) is 5.00. The van der Waals surface area contributed by atoms with Gasteiger partial charge in [-0.3, -0.25) is 4.79 Å². The summed E-state index contributed by atoms with van der Waals surface area (Å²) < 4.78 is 7.92. The summed E-state index contributed by atoms with van der Waals surface area (Å²) in [5, 5.41) is 13.9. The van der Waals surface area contributed by atoms with Crippen LogP contribution in [-0.4, -0.2) is 32.7 Å². The van der Waals surface area contributed by atoms with Crippen LogP contribution in [0.25, 0.3) is 5.69 Å². The molecule has 122 valence electrons. The number of hydrogen-bond donors (Lipinski definition) is 1. The fraction of sp³-hybridized carbons (Fsp3) is 0.125. The van der Waals surface area contributed by atoms with Crippen molar-refractivity contribution in [2.75, 3.05) is 11.9 Å². The van der Waals surface area contributed by atoms with Gasteiger partial charge in [0.25, 0.3) is 5.91 Å². The summed E-state index contributed by atoms with van der Waals surface area (Å²) in [4.78, 5) is 12.1. The Hall–Kier alpha value is -2.74. The van der Waals surface area contributed by atoms with Gasteiger partial charge in [-0.15, -0.1) is 5.10 Å². The normalized spacial score (nSPS) is 10.4. The summed E-state index contributed by atoms with van der Waals surface area (Å²) >= 11 is 3.36. The van der Waals surface area contributed by atoms with Gasteiger partial charge < -0.3 is 10.1 Å². The van der Waals surface area contributed by atoms with Crippen molar-refractivity contribution in [2.24, 2.45) is 0 Å². The molecule has 3 aromatic rings. The number of aromatic nitrogens is 4. The van der Waals surface area contributed by atoms with Crippen LogP contribution in [-0.2, 0) is 4.79 Å². The first-order chi connectivity index (χ1) is 11.6. The number of nitrogens with zero attached hydrogens (tertiary/aromatic N) is 4. The summed E-state index contributed by atoms with van der Waals surface area (Å²) in [5.41, 5.74) is 2.34. The number of tetrazole rings is 1. The Kier molecular flexibility index (Phi) is 4.85. The average Bonchev–Trinajstić information content (AvgIpc) is 3.09. The van der Waals surface area contributed by atoms with Crippen molar-refractivity contribution in [3.63, 3.8) is 0 Å². The summed E-state index contributed by atoms with van der Waals surface area (Å²) in [5.74, 6) is 0.380. The molecule has 0 unspecified atom stereocenters. The van der Waals surface area contributed by atoms with E-state index in [0.717, 1.165) is 15.7 Å². The number of amides is 1. The van der Waals surface area contributed by atoms with E-state index in [9.17, 15) is 4.79 Å². The maximum Gasteiger partial charge on any atom is 0.262 e. The molecule has 0 atom stereocenters. The predicted molar refractivity (Wildman–Crippen MR) is 92.2 cm³/mol. The molecule has 3 rings (SSSR count). The highest BCUT2D eigenvalue weighted by Gasteiger charge is 2.10. The van der Waals surface area contributed by atoms with Crippen LogP contribution >= 0.6 is 15.9 Å². The Balaban J connectivity index is 1.67. The Morgan fingerprint density at radius 3 is 2.88 bits per heavy atom.